The first-order valence-electron chi connectivity index (χ1n) is 5.48. The van der Waals surface area contributed by atoms with Crippen LogP contribution in [0.25, 0.3) is 10.2 Å². The van der Waals surface area contributed by atoms with E-state index in [4.69, 9.17) is 11.6 Å². The summed E-state index contributed by atoms with van der Waals surface area (Å²) in [5, 5.41) is 11.5. The Morgan fingerprint density at radius 2 is 2.00 bits per heavy atom. The lowest BCUT2D eigenvalue weighted by Gasteiger charge is -1.99. The summed E-state index contributed by atoms with van der Waals surface area (Å²) in [7, 11) is 0. The summed E-state index contributed by atoms with van der Waals surface area (Å²) in [6.07, 6.45) is 0. The second-order valence-corrected chi connectivity index (χ2v) is 6.42. The fourth-order valence-electron chi connectivity index (χ4n) is 1.60. The molecule has 3 rings (SSSR count). The van der Waals surface area contributed by atoms with Gasteiger partial charge in [0.1, 0.15) is 5.15 Å². The van der Waals surface area contributed by atoms with Crippen LogP contribution < -0.4 is 0 Å². The molecule has 0 aliphatic heterocycles. The molecule has 0 fully saturated rings. The van der Waals surface area contributed by atoms with Gasteiger partial charge in [-0.15, -0.1) is 11.3 Å². The lowest BCUT2D eigenvalue weighted by molar-refractivity contribution is -0.388. The third-order valence-electron chi connectivity index (χ3n) is 2.46. The zero-order valence-electron chi connectivity index (χ0n) is 9.82. The van der Waals surface area contributed by atoms with Crippen molar-refractivity contribution in [3.05, 3.63) is 51.7 Å². The van der Waals surface area contributed by atoms with Gasteiger partial charge in [-0.2, -0.15) is 0 Å². The molecular formula is C12H6ClN3O2S2. The number of rotatable bonds is 3. The Kier molecular flexibility index (Phi) is 3.56. The van der Waals surface area contributed by atoms with Crippen LogP contribution in [0.3, 0.4) is 0 Å². The van der Waals surface area contributed by atoms with E-state index in [1.54, 1.807) is 0 Å². The van der Waals surface area contributed by atoms with E-state index in [-0.39, 0.29) is 15.9 Å². The van der Waals surface area contributed by atoms with Crippen LogP contribution in [-0.2, 0) is 0 Å². The van der Waals surface area contributed by atoms with Gasteiger partial charge in [-0.3, -0.25) is 10.1 Å². The summed E-state index contributed by atoms with van der Waals surface area (Å²) in [6, 6.07) is 10.4. The minimum atomic E-state index is -0.473. The molecule has 5 nitrogen and oxygen atoms in total. The Balaban J connectivity index is 2.01. The third kappa shape index (κ3) is 2.60. The quantitative estimate of drug-likeness (QED) is 0.406. The van der Waals surface area contributed by atoms with Crippen LogP contribution in [0.2, 0.25) is 5.15 Å². The van der Waals surface area contributed by atoms with Crippen molar-refractivity contribution in [2.45, 2.75) is 9.37 Å². The first kappa shape index (κ1) is 13.3. The Labute approximate surface area is 126 Å². The maximum Gasteiger partial charge on any atom is 0.301 e. The molecule has 0 atom stereocenters. The van der Waals surface area contributed by atoms with Crippen molar-refractivity contribution in [1.82, 2.24) is 9.97 Å². The van der Waals surface area contributed by atoms with Gasteiger partial charge in [-0.25, -0.2) is 9.97 Å². The van der Waals surface area contributed by atoms with Gasteiger partial charge in [-0.05, 0) is 30.0 Å². The average Bonchev–Trinajstić information content (AvgIpc) is 2.80. The molecule has 0 aliphatic carbocycles. The number of pyridine rings is 1. The SMILES string of the molecule is O=[N+]([O-])c1ccc(Cl)nc1Sc1nc2ccccc2s1. The monoisotopic (exact) mass is 323 g/mol. The van der Waals surface area contributed by atoms with E-state index in [1.807, 2.05) is 24.3 Å². The first-order chi connectivity index (χ1) is 9.63. The highest BCUT2D eigenvalue weighted by atomic mass is 35.5. The van der Waals surface area contributed by atoms with Crippen LogP contribution in [-0.4, -0.2) is 14.9 Å². The fraction of sp³-hybridized carbons (Fsp3) is 0. The highest BCUT2D eigenvalue weighted by Gasteiger charge is 2.18. The molecule has 2 heterocycles. The summed E-state index contributed by atoms with van der Waals surface area (Å²) >= 11 is 8.42. The normalized spacial score (nSPS) is 10.8. The van der Waals surface area contributed by atoms with Gasteiger partial charge in [0, 0.05) is 6.07 Å². The van der Waals surface area contributed by atoms with Crippen molar-refractivity contribution in [2.75, 3.05) is 0 Å². The maximum atomic E-state index is 11.0. The average molecular weight is 324 g/mol. The summed E-state index contributed by atoms with van der Waals surface area (Å²) in [6.45, 7) is 0. The highest BCUT2D eigenvalue weighted by Crippen LogP contribution is 2.37. The van der Waals surface area contributed by atoms with Crippen molar-refractivity contribution in [1.29, 1.82) is 0 Å². The molecule has 2 aromatic heterocycles. The lowest BCUT2D eigenvalue weighted by Crippen LogP contribution is -1.93. The van der Waals surface area contributed by atoms with E-state index in [0.717, 1.165) is 22.0 Å². The van der Waals surface area contributed by atoms with Crippen molar-refractivity contribution in [3.8, 4) is 0 Å². The minimum absolute atomic E-state index is 0.0707. The van der Waals surface area contributed by atoms with Crippen LogP contribution in [0, 0.1) is 10.1 Å². The summed E-state index contributed by atoms with van der Waals surface area (Å²) in [4.78, 5) is 18.9. The van der Waals surface area contributed by atoms with E-state index in [0.29, 0.717) is 4.34 Å². The van der Waals surface area contributed by atoms with Gasteiger partial charge < -0.3 is 0 Å². The van der Waals surface area contributed by atoms with E-state index in [9.17, 15) is 10.1 Å². The van der Waals surface area contributed by atoms with Crippen molar-refractivity contribution in [2.24, 2.45) is 0 Å². The number of hydrogen-bond acceptors (Lipinski definition) is 6. The predicted octanol–water partition coefficient (Wildman–Crippen LogP) is 4.40. The highest BCUT2D eigenvalue weighted by molar-refractivity contribution is 8.01. The van der Waals surface area contributed by atoms with Gasteiger partial charge in [0.15, 0.2) is 9.37 Å². The third-order valence-corrected chi connectivity index (χ3v) is 4.76. The van der Waals surface area contributed by atoms with E-state index >= 15 is 0 Å². The van der Waals surface area contributed by atoms with Crippen molar-refractivity contribution < 1.29 is 4.92 Å². The molecule has 0 N–H and O–H groups in total. The van der Waals surface area contributed by atoms with Crippen molar-refractivity contribution >= 4 is 50.6 Å². The predicted molar refractivity (Wildman–Crippen MR) is 79.6 cm³/mol. The smallest absolute Gasteiger partial charge is 0.258 e. The first-order valence-corrected chi connectivity index (χ1v) is 7.49. The molecule has 0 bridgehead atoms. The number of fused-ring (bicyclic) bond motifs is 1. The molecular weight excluding hydrogens is 318 g/mol. The van der Waals surface area contributed by atoms with E-state index in [1.165, 1.54) is 23.5 Å². The molecule has 8 heteroatoms. The number of benzene rings is 1. The molecule has 0 saturated heterocycles. The molecule has 100 valence electrons. The molecule has 3 aromatic rings. The number of thiazole rings is 1. The molecule has 1 aromatic carbocycles. The van der Waals surface area contributed by atoms with Crippen LogP contribution in [0.1, 0.15) is 0 Å². The second-order valence-electron chi connectivity index (χ2n) is 3.76. The molecule has 0 radical (unpaired) electrons. The number of halogens is 1. The molecule has 20 heavy (non-hydrogen) atoms. The zero-order chi connectivity index (χ0) is 14.1. The standard InChI is InChI=1S/C12H6ClN3O2S2/c13-10-6-5-8(16(17)18)11(15-10)20-12-14-7-3-1-2-4-9(7)19-12/h1-6H. The van der Waals surface area contributed by atoms with E-state index < -0.39 is 4.92 Å². The second kappa shape index (κ2) is 5.35. The Bertz CT molecular complexity index is 773. The maximum absolute atomic E-state index is 11.0. The summed E-state index contributed by atoms with van der Waals surface area (Å²) in [5.74, 6) is 0. The van der Waals surface area contributed by atoms with Crippen LogP contribution >= 0.6 is 34.7 Å². The molecule has 0 amide bonds. The van der Waals surface area contributed by atoms with Crippen LogP contribution in [0.15, 0.2) is 45.8 Å². The van der Waals surface area contributed by atoms with Gasteiger partial charge in [0.05, 0.1) is 15.1 Å². The lowest BCUT2D eigenvalue weighted by atomic mass is 10.3. The zero-order valence-corrected chi connectivity index (χ0v) is 12.2. The summed E-state index contributed by atoms with van der Waals surface area (Å²) in [5.41, 5.74) is 0.795. The molecule has 0 spiro atoms. The number of para-hydroxylation sites is 1. The Morgan fingerprint density at radius 3 is 2.75 bits per heavy atom. The number of aromatic nitrogens is 2. The van der Waals surface area contributed by atoms with Gasteiger partial charge in [0.2, 0.25) is 0 Å². The Hall–Kier alpha value is -1.70. The summed E-state index contributed by atoms with van der Waals surface area (Å²) < 4.78 is 1.73. The Morgan fingerprint density at radius 1 is 1.20 bits per heavy atom. The van der Waals surface area contributed by atoms with Gasteiger partial charge >= 0.3 is 5.69 Å². The largest absolute Gasteiger partial charge is 0.301 e. The molecule has 0 aliphatic rings. The number of nitro groups is 1. The fourth-order valence-corrected chi connectivity index (χ4v) is 3.87. The van der Waals surface area contributed by atoms with Gasteiger partial charge in [-0.1, -0.05) is 23.7 Å². The number of nitrogens with zero attached hydrogens (tertiary/aromatic N) is 3. The number of hydrogen-bond donors (Lipinski definition) is 0. The molecule has 0 unspecified atom stereocenters. The van der Waals surface area contributed by atoms with Gasteiger partial charge in [0.25, 0.3) is 0 Å². The van der Waals surface area contributed by atoms with Crippen molar-refractivity contribution in [3.63, 3.8) is 0 Å². The topological polar surface area (TPSA) is 68.9 Å². The molecule has 0 saturated carbocycles. The van der Waals surface area contributed by atoms with Crippen LogP contribution in [0.4, 0.5) is 5.69 Å². The van der Waals surface area contributed by atoms with E-state index in [2.05, 4.69) is 9.97 Å². The minimum Gasteiger partial charge on any atom is -0.258 e. The van der Waals surface area contributed by atoms with Crippen LogP contribution in [0.5, 0.6) is 0 Å².